The number of carbonyl (C=O) groups excluding carboxylic acids is 1. The number of hydrogen-bond donors (Lipinski definition) is 3. The second kappa shape index (κ2) is 9.41. The molecule has 7 nitrogen and oxygen atoms in total. The minimum absolute atomic E-state index is 0.000314. The lowest BCUT2D eigenvalue weighted by atomic mass is 10.2. The van der Waals surface area contributed by atoms with Crippen molar-refractivity contribution >= 4 is 33.3 Å². The van der Waals surface area contributed by atoms with Gasteiger partial charge < -0.3 is 10.6 Å². The Morgan fingerprint density at radius 1 is 1.19 bits per heavy atom. The van der Waals surface area contributed by atoms with E-state index in [1.54, 1.807) is 0 Å². The van der Waals surface area contributed by atoms with Gasteiger partial charge in [0.25, 0.3) is 5.91 Å². The summed E-state index contributed by atoms with van der Waals surface area (Å²) in [7, 11) is -3.70. The normalized spacial score (nSPS) is 14.3. The van der Waals surface area contributed by atoms with Gasteiger partial charge in [0.15, 0.2) is 0 Å². The number of benzene rings is 1. The summed E-state index contributed by atoms with van der Waals surface area (Å²) in [4.78, 5) is 16.0. The first-order valence-corrected chi connectivity index (χ1v) is 11.3. The van der Waals surface area contributed by atoms with Gasteiger partial charge in [0.05, 0.1) is 15.5 Å². The fourth-order valence-electron chi connectivity index (χ4n) is 2.62. The number of anilines is 1. The number of pyridine rings is 1. The van der Waals surface area contributed by atoms with Crippen LogP contribution in [0, 0.1) is 5.92 Å². The van der Waals surface area contributed by atoms with Crippen LogP contribution >= 0.6 is 11.6 Å². The maximum Gasteiger partial charge on any atom is 0.417 e. The van der Waals surface area contributed by atoms with Crippen molar-refractivity contribution in [1.29, 1.82) is 0 Å². The van der Waals surface area contributed by atoms with Gasteiger partial charge in [-0.1, -0.05) is 17.7 Å². The van der Waals surface area contributed by atoms with Gasteiger partial charge in [0.2, 0.25) is 10.0 Å². The minimum atomic E-state index is -4.54. The van der Waals surface area contributed by atoms with E-state index in [0.29, 0.717) is 18.7 Å². The second-order valence-corrected chi connectivity index (χ2v) is 9.23. The van der Waals surface area contributed by atoms with E-state index in [4.69, 9.17) is 11.6 Å². The first-order valence-electron chi connectivity index (χ1n) is 9.41. The summed E-state index contributed by atoms with van der Waals surface area (Å²) < 4.78 is 65.1. The van der Waals surface area contributed by atoms with Crippen LogP contribution in [0.3, 0.4) is 0 Å². The van der Waals surface area contributed by atoms with Crippen molar-refractivity contribution in [2.75, 3.05) is 25.0 Å². The molecule has 12 heteroatoms. The first kappa shape index (κ1) is 23.3. The summed E-state index contributed by atoms with van der Waals surface area (Å²) in [6.07, 6.45) is -1.87. The molecule has 1 saturated carbocycles. The molecule has 0 unspecified atom stereocenters. The van der Waals surface area contributed by atoms with Crippen LogP contribution in [0.25, 0.3) is 0 Å². The number of sulfonamides is 1. The number of rotatable bonds is 9. The van der Waals surface area contributed by atoms with Gasteiger partial charge in [-0.3, -0.25) is 4.79 Å². The largest absolute Gasteiger partial charge is 0.417 e. The van der Waals surface area contributed by atoms with E-state index < -0.39 is 27.7 Å². The first-order chi connectivity index (χ1) is 14.6. The van der Waals surface area contributed by atoms with Gasteiger partial charge in [0, 0.05) is 31.4 Å². The van der Waals surface area contributed by atoms with Crippen LogP contribution in [0.4, 0.5) is 19.0 Å². The monoisotopic (exact) mass is 476 g/mol. The molecular formula is C19H20ClF3N4O3S. The van der Waals surface area contributed by atoms with Crippen LogP contribution in [-0.4, -0.2) is 38.9 Å². The number of amides is 1. The molecule has 0 aliphatic heterocycles. The molecule has 2 aromatic rings. The molecule has 0 radical (unpaired) electrons. The van der Waals surface area contributed by atoms with Crippen molar-refractivity contribution in [2.24, 2.45) is 5.92 Å². The Bertz CT molecular complexity index is 1060. The zero-order valence-electron chi connectivity index (χ0n) is 16.2. The molecule has 0 bridgehead atoms. The van der Waals surface area contributed by atoms with Crippen molar-refractivity contribution in [1.82, 2.24) is 15.0 Å². The number of aromatic nitrogens is 1. The van der Waals surface area contributed by atoms with Gasteiger partial charge in [0.1, 0.15) is 5.82 Å². The van der Waals surface area contributed by atoms with Crippen molar-refractivity contribution in [3.05, 3.63) is 52.7 Å². The Kier molecular flexibility index (Phi) is 7.07. The van der Waals surface area contributed by atoms with E-state index in [2.05, 4.69) is 20.3 Å². The number of hydrogen-bond acceptors (Lipinski definition) is 5. The summed E-state index contributed by atoms with van der Waals surface area (Å²) in [6, 6.07) is 6.42. The third kappa shape index (κ3) is 6.55. The van der Waals surface area contributed by atoms with Crippen LogP contribution < -0.4 is 15.4 Å². The topological polar surface area (TPSA) is 100 Å². The Balaban J connectivity index is 1.52. The Hall–Kier alpha value is -2.37. The molecule has 1 aliphatic rings. The standard InChI is InChI=1S/C19H20ClF3N4O3S/c20-16-9-14(19(21,22)23)11-26-17(16)24-6-7-25-18(28)13-2-1-3-15(8-13)31(29,30)27-10-12-4-5-12/h1-3,8-9,11-12,27H,4-7,10H2,(H,24,26)(H,25,28). The maximum atomic E-state index is 12.6. The van der Waals surface area contributed by atoms with Gasteiger partial charge in [-0.2, -0.15) is 13.2 Å². The fraction of sp³-hybridized carbons (Fsp3) is 0.368. The molecular weight excluding hydrogens is 457 g/mol. The zero-order chi connectivity index (χ0) is 22.6. The van der Waals surface area contributed by atoms with Crippen LogP contribution in [-0.2, 0) is 16.2 Å². The molecule has 3 N–H and O–H groups in total. The highest BCUT2D eigenvalue weighted by atomic mass is 35.5. The number of halogens is 4. The van der Waals surface area contributed by atoms with Crippen LogP contribution in [0.1, 0.15) is 28.8 Å². The van der Waals surface area contributed by atoms with E-state index in [0.717, 1.165) is 18.9 Å². The third-order valence-electron chi connectivity index (χ3n) is 4.54. The molecule has 31 heavy (non-hydrogen) atoms. The lowest BCUT2D eigenvalue weighted by Gasteiger charge is -2.11. The summed E-state index contributed by atoms with van der Waals surface area (Å²) in [5, 5.41) is 5.14. The summed E-state index contributed by atoms with van der Waals surface area (Å²) in [5.41, 5.74) is -0.794. The predicted octanol–water partition coefficient (Wildman–Crippen LogP) is 3.28. The Morgan fingerprint density at radius 3 is 2.58 bits per heavy atom. The Labute approximate surface area is 182 Å². The SMILES string of the molecule is O=C(NCCNc1ncc(C(F)(F)F)cc1Cl)c1cccc(S(=O)(=O)NCC2CC2)c1. The van der Waals surface area contributed by atoms with Gasteiger partial charge in [-0.15, -0.1) is 0 Å². The lowest BCUT2D eigenvalue weighted by Crippen LogP contribution is -2.29. The number of alkyl halides is 3. The predicted molar refractivity (Wildman–Crippen MR) is 109 cm³/mol. The van der Waals surface area contributed by atoms with E-state index >= 15 is 0 Å². The average molecular weight is 477 g/mol. The smallest absolute Gasteiger partial charge is 0.367 e. The van der Waals surface area contributed by atoms with Crippen molar-refractivity contribution < 1.29 is 26.4 Å². The summed E-state index contributed by atoms with van der Waals surface area (Å²) in [5.74, 6) is -0.0623. The number of nitrogens with one attached hydrogen (secondary N) is 3. The van der Waals surface area contributed by atoms with E-state index in [1.165, 1.54) is 24.3 Å². The Morgan fingerprint density at radius 2 is 1.94 bits per heavy atom. The van der Waals surface area contributed by atoms with E-state index in [1.807, 2.05) is 0 Å². The molecule has 0 saturated heterocycles. The van der Waals surface area contributed by atoms with Gasteiger partial charge in [-0.05, 0) is 43.0 Å². The highest BCUT2D eigenvalue weighted by Crippen LogP contribution is 2.32. The third-order valence-corrected chi connectivity index (χ3v) is 6.25. The molecule has 1 aliphatic carbocycles. The molecule has 0 spiro atoms. The molecule has 0 atom stereocenters. The van der Waals surface area contributed by atoms with Crippen molar-refractivity contribution in [2.45, 2.75) is 23.9 Å². The molecule has 1 aromatic heterocycles. The minimum Gasteiger partial charge on any atom is -0.367 e. The number of carbonyl (C=O) groups is 1. The highest BCUT2D eigenvalue weighted by molar-refractivity contribution is 7.89. The van der Waals surface area contributed by atoms with Crippen molar-refractivity contribution in [3.63, 3.8) is 0 Å². The van der Waals surface area contributed by atoms with E-state index in [-0.39, 0.29) is 34.4 Å². The van der Waals surface area contributed by atoms with Gasteiger partial charge >= 0.3 is 6.18 Å². The highest BCUT2D eigenvalue weighted by Gasteiger charge is 2.31. The van der Waals surface area contributed by atoms with Crippen molar-refractivity contribution in [3.8, 4) is 0 Å². The quantitative estimate of drug-likeness (QED) is 0.482. The molecule has 3 rings (SSSR count). The fourth-order valence-corrected chi connectivity index (χ4v) is 4.01. The molecule has 1 heterocycles. The van der Waals surface area contributed by atoms with Gasteiger partial charge in [-0.25, -0.2) is 18.1 Å². The van der Waals surface area contributed by atoms with Crippen LogP contribution in [0.2, 0.25) is 5.02 Å². The lowest BCUT2D eigenvalue weighted by molar-refractivity contribution is -0.137. The molecule has 1 fully saturated rings. The van der Waals surface area contributed by atoms with Crippen LogP contribution in [0.15, 0.2) is 41.4 Å². The van der Waals surface area contributed by atoms with E-state index in [9.17, 15) is 26.4 Å². The average Bonchev–Trinajstić information content (AvgIpc) is 3.54. The number of nitrogens with zero attached hydrogens (tertiary/aromatic N) is 1. The second-order valence-electron chi connectivity index (χ2n) is 7.06. The maximum absolute atomic E-state index is 12.6. The summed E-state index contributed by atoms with van der Waals surface area (Å²) >= 11 is 5.81. The molecule has 1 amide bonds. The molecule has 1 aromatic carbocycles. The molecule has 168 valence electrons. The van der Waals surface area contributed by atoms with Crippen LogP contribution in [0.5, 0.6) is 0 Å². The zero-order valence-corrected chi connectivity index (χ0v) is 17.7. The summed E-state index contributed by atoms with van der Waals surface area (Å²) in [6.45, 7) is 0.629.